The lowest BCUT2D eigenvalue weighted by atomic mass is 10.2. The van der Waals surface area contributed by atoms with Crippen molar-refractivity contribution in [3.8, 4) is 0 Å². The second-order valence-electron chi connectivity index (χ2n) is 4.83. The minimum Gasteiger partial charge on any atom is -0.351 e. The number of hydrogen-bond donors (Lipinski definition) is 1. The molecule has 1 fully saturated rings. The number of carbonyl (C=O) groups excluding carboxylic acids is 2. The lowest BCUT2D eigenvalue weighted by molar-refractivity contribution is -0.128. The molecule has 1 aliphatic heterocycles. The third kappa shape index (κ3) is 3.61. The fourth-order valence-electron chi connectivity index (χ4n) is 2.27. The molecule has 0 aromatic heterocycles. The summed E-state index contributed by atoms with van der Waals surface area (Å²) in [4.78, 5) is 25.2. The van der Waals surface area contributed by atoms with Crippen LogP contribution in [0, 0.1) is 0 Å². The van der Waals surface area contributed by atoms with Gasteiger partial charge >= 0.3 is 0 Å². The summed E-state index contributed by atoms with van der Waals surface area (Å²) in [6.45, 7) is 4.52. The van der Waals surface area contributed by atoms with E-state index in [1.54, 1.807) is 17.0 Å². The number of benzene rings is 1. The average Bonchev–Trinajstić information content (AvgIpc) is 2.72. The highest BCUT2D eigenvalue weighted by Gasteiger charge is 2.30. The fourth-order valence-corrected chi connectivity index (χ4v) is 2.47. The van der Waals surface area contributed by atoms with Gasteiger partial charge < -0.3 is 10.2 Å². The monoisotopic (exact) mass is 292 g/mol. The van der Waals surface area contributed by atoms with Gasteiger partial charge in [0.15, 0.2) is 0 Å². The molecule has 4 nitrogen and oxygen atoms in total. The summed E-state index contributed by atoms with van der Waals surface area (Å²) < 4.78 is 0. The topological polar surface area (TPSA) is 49.4 Å². The summed E-state index contributed by atoms with van der Waals surface area (Å²) in [6.07, 6.45) is 2.16. The first-order valence-corrected chi connectivity index (χ1v) is 6.89. The van der Waals surface area contributed by atoms with E-state index in [1.165, 1.54) is 0 Å². The normalized spacial score (nSPS) is 18.1. The van der Waals surface area contributed by atoms with Gasteiger partial charge in [-0.2, -0.15) is 0 Å². The van der Waals surface area contributed by atoms with Crippen molar-refractivity contribution in [3.63, 3.8) is 0 Å². The Morgan fingerprint density at radius 2 is 2.25 bits per heavy atom. The SMILES string of the molecule is C=CCC(=O)N[C@H]1CC(=O)N(Cc2ccccc2Cl)C1. The Morgan fingerprint density at radius 1 is 1.50 bits per heavy atom. The zero-order valence-corrected chi connectivity index (χ0v) is 11.9. The van der Waals surface area contributed by atoms with Crippen LogP contribution < -0.4 is 5.32 Å². The Morgan fingerprint density at radius 3 is 2.95 bits per heavy atom. The van der Waals surface area contributed by atoms with Crippen LogP contribution in [0.2, 0.25) is 5.02 Å². The number of rotatable bonds is 5. The smallest absolute Gasteiger partial charge is 0.225 e. The zero-order valence-electron chi connectivity index (χ0n) is 11.1. The number of amides is 2. The fraction of sp³-hybridized carbons (Fsp3) is 0.333. The van der Waals surface area contributed by atoms with Crippen molar-refractivity contribution >= 4 is 23.4 Å². The molecule has 0 spiro atoms. The number of likely N-dealkylation sites (tertiary alicyclic amines) is 1. The van der Waals surface area contributed by atoms with Gasteiger partial charge in [0.1, 0.15) is 0 Å². The lowest BCUT2D eigenvalue weighted by Gasteiger charge is -2.17. The molecule has 0 unspecified atom stereocenters. The Bertz CT molecular complexity index is 530. The van der Waals surface area contributed by atoms with Crippen molar-refractivity contribution in [1.82, 2.24) is 10.2 Å². The highest BCUT2D eigenvalue weighted by molar-refractivity contribution is 6.31. The summed E-state index contributed by atoms with van der Waals surface area (Å²) >= 11 is 6.09. The Kier molecular flexibility index (Phi) is 4.79. The zero-order chi connectivity index (χ0) is 14.5. The van der Waals surface area contributed by atoms with Gasteiger partial charge in [-0.1, -0.05) is 35.9 Å². The molecule has 1 aromatic rings. The number of nitrogens with one attached hydrogen (secondary N) is 1. The van der Waals surface area contributed by atoms with Gasteiger partial charge in [0.05, 0.1) is 6.04 Å². The average molecular weight is 293 g/mol. The van der Waals surface area contributed by atoms with Gasteiger partial charge in [-0.25, -0.2) is 0 Å². The van der Waals surface area contributed by atoms with E-state index < -0.39 is 0 Å². The van der Waals surface area contributed by atoms with Crippen LogP contribution in [0.1, 0.15) is 18.4 Å². The maximum absolute atomic E-state index is 12.0. The minimum absolute atomic E-state index is 0.0359. The Balaban J connectivity index is 1.94. The summed E-state index contributed by atoms with van der Waals surface area (Å²) in [6, 6.07) is 7.33. The maximum atomic E-state index is 12.0. The van der Waals surface area contributed by atoms with E-state index in [9.17, 15) is 9.59 Å². The predicted molar refractivity (Wildman–Crippen MR) is 78.2 cm³/mol. The van der Waals surface area contributed by atoms with E-state index in [0.29, 0.717) is 24.5 Å². The standard InChI is InChI=1S/C15H17ClN2O2/c1-2-5-14(19)17-12-8-15(20)18(10-12)9-11-6-3-4-7-13(11)16/h2-4,6-7,12H,1,5,8-10H2,(H,17,19)/t12-/m0/s1. The number of halogens is 1. The number of hydrogen-bond acceptors (Lipinski definition) is 2. The summed E-state index contributed by atoms with van der Waals surface area (Å²) in [5.41, 5.74) is 0.917. The molecule has 0 bridgehead atoms. The van der Waals surface area contributed by atoms with E-state index in [2.05, 4.69) is 11.9 Å². The first kappa shape index (κ1) is 14.6. The molecule has 1 aromatic carbocycles. The highest BCUT2D eigenvalue weighted by atomic mass is 35.5. The van der Waals surface area contributed by atoms with Crippen LogP contribution in [0.5, 0.6) is 0 Å². The first-order chi connectivity index (χ1) is 9.60. The molecule has 0 saturated carbocycles. The van der Waals surface area contributed by atoms with Crippen LogP contribution in [0.4, 0.5) is 0 Å². The van der Waals surface area contributed by atoms with Crippen molar-refractivity contribution < 1.29 is 9.59 Å². The van der Waals surface area contributed by atoms with Gasteiger partial charge in [-0.05, 0) is 11.6 Å². The second kappa shape index (κ2) is 6.57. The van der Waals surface area contributed by atoms with Crippen LogP contribution in [0.25, 0.3) is 0 Å². The van der Waals surface area contributed by atoms with E-state index >= 15 is 0 Å². The summed E-state index contributed by atoms with van der Waals surface area (Å²) in [7, 11) is 0. The van der Waals surface area contributed by atoms with E-state index in [-0.39, 0.29) is 24.3 Å². The molecule has 1 saturated heterocycles. The molecule has 2 rings (SSSR count). The van der Waals surface area contributed by atoms with Crippen molar-refractivity contribution in [2.75, 3.05) is 6.54 Å². The molecule has 1 N–H and O–H groups in total. The minimum atomic E-state index is -0.127. The molecule has 0 radical (unpaired) electrons. The lowest BCUT2D eigenvalue weighted by Crippen LogP contribution is -2.36. The summed E-state index contributed by atoms with van der Waals surface area (Å²) in [5.74, 6) is -0.0637. The van der Waals surface area contributed by atoms with Gasteiger partial charge in [-0.3, -0.25) is 9.59 Å². The molecule has 2 amide bonds. The van der Waals surface area contributed by atoms with Crippen molar-refractivity contribution in [2.45, 2.75) is 25.4 Å². The van der Waals surface area contributed by atoms with Crippen LogP contribution in [0.15, 0.2) is 36.9 Å². The molecule has 1 heterocycles. The predicted octanol–water partition coefficient (Wildman–Crippen LogP) is 2.13. The van der Waals surface area contributed by atoms with Crippen LogP contribution in [-0.2, 0) is 16.1 Å². The molecule has 5 heteroatoms. The van der Waals surface area contributed by atoms with Crippen molar-refractivity contribution in [1.29, 1.82) is 0 Å². The molecular formula is C15H17ClN2O2. The van der Waals surface area contributed by atoms with E-state index in [1.807, 2.05) is 18.2 Å². The largest absolute Gasteiger partial charge is 0.351 e. The number of carbonyl (C=O) groups is 2. The third-order valence-electron chi connectivity index (χ3n) is 3.23. The third-order valence-corrected chi connectivity index (χ3v) is 3.60. The van der Waals surface area contributed by atoms with Gasteiger partial charge in [0, 0.05) is 31.0 Å². The second-order valence-corrected chi connectivity index (χ2v) is 5.23. The van der Waals surface area contributed by atoms with Gasteiger partial charge in [0.25, 0.3) is 0 Å². The van der Waals surface area contributed by atoms with Gasteiger partial charge in [0.2, 0.25) is 11.8 Å². The van der Waals surface area contributed by atoms with E-state index in [0.717, 1.165) is 5.56 Å². The first-order valence-electron chi connectivity index (χ1n) is 6.51. The maximum Gasteiger partial charge on any atom is 0.225 e. The molecule has 106 valence electrons. The molecule has 0 aliphatic carbocycles. The van der Waals surface area contributed by atoms with Gasteiger partial charge in [-0.15, -0.1) is 6.58 Å². The molecule has 20 heavy (non-hydrogen) atoms. The van der Waals surface area contributed by atoms with Crippen LogP contribution in [-0.4, -0.2) is 29.3 Å². The molecular weight excluding hydrogens is 276 g/mol. The van der Waals surface area contributed by atoms with E-state index in [4.69, 9.17) is 11.6 Å². The molecule has 1 aliphatic rings. The quantitative estimate of drug-likeness (QED) is 0.845. The molecule has 1 atom stereocenters. The van der Waals surface area contributed by atoms with Crippen LogP contribution in [0.3, 0.4) is 0 Å². The van der Waals surface area contributed by atoms with Crippen molar-refractivity contribution in [2.24, 2.45) is 0 Å². The number of nitrogens with zero attached hydrogens (tertiary/aromatic N) is 1. The summed E-state index contributed by atoms with van der Waals surface area (Å²) in [5, 5.41) is 3.49. The Labute approximate surface area is 123 Å². The van der Waals surface area contributed by atoms with Crippen LogP contribution >= 0.6 is 11.6 Å². The Hall–Kier alpha value is -1.81. The van der Waals surface area contributed by atoms with Crippen molar-refractivity contribution in [3.05, 3.63) is 47.5 Å². The highest BCUT2D eigenvalue weighted by Crippen LogP contribution is 2.20.